The molecular weight excluding hydrogens is 663 g/mol. The van der Waals surface area contributed by atoms with Crippen LogP contribution in [0.25, 0.3) is 5.57 Å². The molecule has 1 fully saturated rings. The SMILES string of the molecule is C[C@@H]1CN(c2nc(C3=CCCN(C(=O)Cc4ccccc4)C3)ccc2C(=O)NS(=O)(=O)c2cccc(CC(=O)Cc3ccccc3)n2)C(C)(C)C1. The van der Waals surface area contributed by atoms with E-state index in [9.17, 15) is 22.8 Å². The fourth-order valence-corrected chi connectivity index (χ4v) is 7.97. The third-order valence-corrected chi connectivity index (χ3v) is 10.6. The van der Waals surface area contributed by atoms with Gasteiger partial charge in [0.05, 0.1) is 17.7 Å². The van der Waals surface area contributed by atoms with Gasteiger partial charge in [-0.15, -0.1) is 0 Å². The zero-order valence-electron chi connectivity index (χ0n) is 29.2. The number of pyridine rings is 2. The highest BCUT2D eigenvalue weighted by atomic mass is 32.2. The summed E-state index contributed by atoms with van der Waals surface area (Å²) in [4.78, 5) is 52.9. The van der Waals surface area contributed by atoms with Gasteiger partial charge in [-0.25, -0.2) is 14.7 Å². The molecule has 1 N–H and O–H groups in total. The number of carbonyl (C=O) groups excluding carboxylic acids is 3. The second kappa shape index (κ2) is 15.0. The molecule has 4 aromatic rings. The maximum Gasteiger partial charge on any atom is 0.281 e. The summed E-state index contributed by atoms with van der Waals surface area (Å²) in [6.07, 6.45) is 4.07. The first-order valence-electron chi connectivity index (χ1n) is 17.3. The Balaban J connectivity index is 1.23. The van der Waals surface area contributed by atoms with E-state index in [1.54, 1.807) is 18.2 Å². The summed E-state index contributed by atoms with van der Waals surface area (Å²) in [6.45, 7) is 7.93. The topological polar surface area (TPSA) is 130 Å². The number of hydrogen-bond acceptors (Lipinski definition) is 8. The van der Waals surface area contributed by atoms with Gasteiger partial charge in [0.2, 0.25) is 5.91 Å². The number of sulfonamides is 1. The largest absolute Gasteiger partial charge is 0.351 e. The van der Waals surface area contributed by atoms with Crippen molar-refractivity contribution in [2.24, 2.45) is 5.92 Å². The summed E-state index contributed by atoms with van der Waals surface area (Å²) in [5.41, 5.74) is 3.38. The summed E-state index contributed by atoms with van der Waals surface area (Å²) in [6, 6.07) is 26.7. The number of anilines is 1. The lowest BCUT2D eigenvalue weighted by Crippen LogP contribution is -2.41. The lowest BCUT2D eigenvalue weighted by atomic mass is 9.97. The van der Waals surface area contributed by atoms with E-state index in [2.05, 4.69) is 41.5 Å². The van der Waals surface area contributed by atoms with Gasteiger partial charge in [-0.05, 0) is 73.6 Å². The number of aromatic nitrogens is 2. The molecule has 0 unspecified atom stereocenters. The maximum atomic E-state index is 13.9. The Bertz CT molecular complexity index is 2070. The Morgan fingerprint density at radius 2 is 1.53 bits per heavy atom. The number of ketones is 1. The highest BCUT2D eigenvalue weighted by molar-refractivity contribution is 7.90. The Morgan fingerprint density at radius 1 is 0.843 bits per heavy atom. The Kier molecular flexibility index (Phi) is 10.5. The molecule has 2 amide bonds. The molecule has 0 radical (unpaired) electrons. The molecule has 2 aromatic heterocycles. The normalized spacial score (nSPS) is 17.2. The third kappa shape index (κ3) is 8.60. The quantitative estimate of drug-likeness (QED) is 0.219. The monoisotopic (exact) mass is 705 g/mol. The van der Waals surface area contributed by atoms with E-state index in [0.29, 0.717) is 55.6 Å². The van der Waals surface area contributed by atoms with Gasteiger partial charge in [0.25, 0.3) is 15.9 Å². The van der Waals surface area contributed by atoms with E-state index in [1.807, 2.05) is 65.6 Å². The average molecular weight is 706 g/mol. The molecule has 264 valence electrons. The minimum Gasteiger partial charge on any atom is -0.351 e. The van der Waals surface area contributed by atoms with Gasteiger partial charge < -0.3 is 9.80 Å². The number of hydrogen-bond donors (Lipinski definition) is 1. The van der Waals surface area contributed by atoms with E-state index in [4.69, 9.17) is 4.98 Å². The summed E-state index contributed by atoms with van der Waals surface area (Å²) in [5.74, 6) is -0.203. The van der Waals surface area contributed by atoms with Crippen molar-refractivity contribution in [1.29, 1.82) is 0 Å². The number of nitrogens with zero attached hydrogens (tertiary/aromatic N) is 4. The Morgan fingerprint density at radius 3 is 2.20 bits per heavy atom. The molecule has 51 heavy (non-hydrogen) atoms. The Labute approximate surface area is 299 Å². The van der Waals surface area contributed by atoms with Gasteiger partial charge in [-0.3, -0.25) is 14.4 Å². The van der Waals surface area contributed by atoms with Gasteiger partial charge in [0.1, 0.15) is 11.6 Å². The highest BCUT2D eigenvalue weighted by Gasteiger charge is 2.39. The van der Waals surface area contributed by atoms with Crippen LogP contribution in [0.4, 0.5) is 5.82 Å². The van der Waals surface area contributed by atoms with Crippen LogP contribution in [0.2, 0.25) is 0 Å². The molecule has 2 aliphatic heterocycles. The molecule has 1 atom stereocenters. The molecule has 0 spiro atoms. The van der Waals surface area contributed by atoms with Crippen LogP contribution in [0.3, 0.4) is 0 Å². The lowest BCUT2D eigenvalue weighted by molar-refractivity contribution is -0.130. The maximum absolute atomic E-state index is 13.9. The summed E-state index contributed by atoms with van der Waals surface area (Å²) in [7, 11) is -4.40. The second-order valence-electron chi connectivity index (χ2n) is 14.1. The van der Waals surface area contributed by atoms with E-state index < -0.39 is 15.9 Å². The first-order valence-corrected chi connectivity index (χ1v) is 18.7. The van der Waals surface area contributed by atoms with Crippen LogP contribution in [0.5, 0.6) is 0 Å². The first-order chi connectivity index (χ1) is 24.4. The second-order valence-corrected chi connectivity index (χ2v) is 15.7. The van der Waals surface area contributed by atoms with Crippen molar-refractivity contribution < 1.29 is 22.8 Å². The molecule has 2 aromatic carbocycles. The first kappa shape index (κ1) is 35.7. The summed E-state index contributed by atoms with van der Waals surface area (Å²) in [5, 5.41) is -0.352. The predicted octanol–water partition coefficient (Wildman–Crippen LogP) is 5.43. The summed E-state index contributed by atoms with van der Waals surface area (Å²) < 4.78 is 29.3. The van der Waals surface area contributed by atoms with Gasteiger partial charge >= 0.3 is 0 Å². The predicted molar refractivity (Wildman–Crippen MR) is 197 cm³/mol. The highest BCUT2D eigenvalue weighted by Crippen LogP contribution is 2.38. The lowest BCUT2D eigenvalue weighted by Gasteiger charge is -2.34. The van der Waals surface area contributed by atoms with Crippen LogP contribution in [0.1, 0.15) is 66.5 Å². The van der Waals surface area contributed by atoms with E-state index in [0.717, 1.165) is 23.1 Å². The number of nitrogens with one attached hydrogen (secondary N) is 1. The van der Waals surface area contributed by atoms with Crippen LogP contribution >= 0.6 is 0 Å². The Hall–Kier alpha value is -5.16. The minimum absolute atomic E-state index is 0.0287. The van der Waals surface area contributed by atoms with Gasteiger partial charge in [-0.2, -0.15) is 8.42 Å². The zero-order valence-corrected chi connectivity index (χ0v) is 30.0. The number of rotatable bonds is 11. The van der Waals surface area contributed by atoms with Crippen LogP contribution in [-0.4, -0.2) is 66.1 Å². The van der Waals surface area contributed by atoms with E-state index in [1.165, 1.54) is 12.1 Å². The van der Waals surface area contributed by atoms with Crippen LogP contribution in [0.15, 0.2) is 102 Å². The van der Waals surface area contributed by atoms with Crippen molar-refractivity contribution in [2.45, 2.75) is 63.4 Å². The minimum atomic E-state index is -4.40. The number of Topliss-reactive ketones (excluding diaryl/α,β-unsaturated/α-hetero) is 1. The molecular formula is C40H43N5O5S. The molecule has 6 rings (SSSR count). The van der Waals surface area contributed by atoms with Gasteiger partial charge in [-0.1, -0.05) is 79.7 Å². The van der Waals surface area contributed by atoms with Crippen LogP contribution < -0.4 is 9.62 Å². The molecule has 0 bridgehead atoms. The van der Waals surface area contributed by atoms with Crippen LogP contribution in [0, 0.1) is 5.92 Å². The van der Waals surface area contributed by atoms with Crippen molar-refractivity contribution in [3.63, 3.8) is 0 Å². The summed E-state index contributed by atoms with van der Waals surface area (Å²) >= 11 is 0. The van der Waals surface area contributed by atoms with E-state index in [-0.39, 0.29) is 40.7 Å². The van der Waals surface area contributed by atoms with Crippen molar-refractivity contribution in [2.75, 3.05) is 24.5 Å². The fourth-order valence-electron chi connectivity index (χ4n) is 7.02. The van der Waals surface area contributed by atoms with Crippen molar-refractivity contribution in [3.05, 3.63) is 125 Å². The number of benzene rings is 2. The zero-order chi connectivity index (χ0) is 36.2. The number of amides is 2. The van der Waals surface area contributed by atoms with Gasteiger partial charge in [0.15, 0.2) is 5.03 Å². The molecule has 10 nitrogen and oxygen atoms in total. The van der Waals surface area contributed by atoms with Crippen LogP contribution in [-0.2, 0) is 38.9 Å². The average Bonchev–Trinajstić information content (AvgIpc) is 3.39. The third-order valence-electron chi connectivity index (χ3n) is 9.39. The number of carbonyl (C=O) groups is 3. The smallest absolute Gasteiger partial charge is 0.281 e. The van der Waals surface area contributed by atoms with Crippen molar-refractivity contribution in [3.8, 4) is 0 Å². The van der Waals surface area contributed by atoms with E-state index >= 15 is 0 Å². The molecule has 1 saturated heterocycles. The standard InChI is InChI=1S/C40H43N5O5S/c1-28-25-40(2,3)45(26-28)38-34(19-20-35(42-38)31-16-11-21-44(27-31)37(47)23-30-14-8-5-9-15-30)39(48)43-51(49,50)36-18-10-17-32(41-36)24-33(46)22-29-12-6-4-7-13-29/h4-10,12-20,28H,11,21-27H2,1-3H3,(H,43,48)/t28-/m0/s1. The fraction of sp³-hybridized carbons (Fsp3) is 0.325. The molecule has 0 aliphatic carbocycles. The van der Waals surface area contributed by atoms with Crippen molar-refractivity contribution >= 4 is 39.0 Å². The molecule has 11 heteroatoms. The molecule has 4 heterocycles. The molecule has 0 saturated carbocycles. The van der Waals surface area contributed by atoms with Gasteiger partial charge in [0, 0.05) is 43.7 Å². The van der Waals surface area contributed by atoms with Crippen molar-refractivity contribution in [1.82, 2.24) is 19.6 Å². The molecule has 2 aliphatic rings.